The summed E-state index contributed by atoms with van der Waals surface area (Å²) in [5.41, 5.74) is -2.59. The zero-order valence-corrected chi connectivity index (χ0v) is 21.0. The van der Waals surface area contributed by atoms with E-state index in [-0.39, 0.29) is 29.6 Å². The van der Waals surface area contributed by atoms with Gasteiger partial charge in [-0.25, -0.2) is 18.1 Å². The van der Waals surface area contributed by atoms with Gasteiger partial charge in [0, 0.05) is 47.6 Å². The fourth-order valence-corrected chi connectivity index (χ4v) is 4.82. The maximum Gasteiger partial charge on any atom is 0.241 e. The highest BCUT2D eigenvalue weighted by Crippen LogP contribution is 2.24. The molecule has 1 saturated heterocycles. The topological polar surface area (TPSA) is 108 Å². The van der Waals surface area contributed by atoms with Crippen molar-refractivity contribution in [1.82, 2.24) is 19.6 Å². The molecule has 0 unspecified atom stereocenters. The van der Waals surface area contributed by atoms with Crippen LogP contribution < -0.4 is 20.1 Å². The lowest BCUT2D eigenvalue weighted by Crippen LogP contribution is -2.40. The van der Waals surface area contributed by atoms with Crippen LogP contribution in [0.25, 0.3) is 0 Å². The number of rotatable bonds is 10. The summed E-state index contributed by atoms with van der Waals surface area (Å²) >= 11 is 0. The third-order valence-electron chi connectivity index (χ3n) is 5.32. The standard InChI is InChI=1S/C27H36N6O3S/c1-20-19-28-26(30-21-10-12-23(13-11-21)36-17-16-33-14-5-6-15-33)31-25(20)29-22-8-7-9-24(18-22)37(34,35)32-27(2,3)4/h7-13,18-19,32H,5-6,14-17H2,1-4H3,(H2,28,29,30,31)/i1D3,2D3,3D3,17D2. The second-order valence-corrected chi connectivity index (χ2v) is 10.4. The third-order valence-corrected chi connectivity index (χ3v) is 6.87. The van der Waals surface area contributed by atoms with E-state index >= 15 is 0 Å². The molecular formula is C27H36N6O3S. The Morgan fingerprint density at radius 2 is 1.89 bits per heavy atom. The normalized spacial score (nSPS) is 20.3. The number of nitrogens with zero attached hydrogens (tertiary/aromatic N) is 3. The lowest BCUT2D eigenvalue weighted by molar-refractivity contribution is 0.238. The number of hydrogen-bond acceptors (Lipinski definition) is 8. The van der Waals surface area contributed by atoms with Gasteiger partial charge in [-0.3, -0.25) is 4.90 Å². The quantitative estimate of drug-likeness (QED) is 0.339. The molecule has 1 aromatic heterocycles. The number of likely N-dealkylation sites (tertiary alicyclic amines) is 1. The number of anilines is 4. The van der Waals surface area contributed by atoms with Crippen molar-refractivity contribution in [2.24, 2.45) is 0 Å². The SMILES string of the molecule is [2H]C([2H])(CN1CCCC1)Oc1ccc(Nc2ncc(C([2H])([2H])[2H])c(Nc3cccc(S(=O)(=O)NC(C)(C([2H])([2H])[2H])C([2H])([2H])[2H])c3)n2)cc1. The Kier molecular flexibility index (Phi) is 4.92. The van der Waals surface area contributed by atoms with Gasteiger partial charge in [-0.15, -0.1) is 0 Å². The number of hydrogen-bond donors (Lipinski definition) is 3. The summed E-state index contributed by atoms with van der Waals surface area (Å²) < 4.78 is 120. The Hall–Kier alpha value is -3.21. The van der Waals surface area contributed by atoms with Gasteiger partial charge in [0.15, 0.2) is 0 Å². The molecule has 0 atom stereocenters. The number of nitrogens with one attached hydrogen (secondary N) is 3. The summed E-state index contributed by atoms with van der Waals surface area (Å²) in [6, 6.07) is 11.2. The van der Waals surface area contributed by atoms with Crippen molar-refractivity contribution in [1.29, 1.82) is 0 Å². The Morgan fingerprint density at radius 3 is 2.62 bits per heavy atom. The predicted molar refractivity (Wildman–Crippen MR) is 147 cm³/mol. The minimum Gasteiger partial charge on any atom is -0.492 e. The first-order chi connectivity index (χ1) is 22.0. The molecule has 3 N–H and O–H groups in total. The van der Waals surface area contributed by atoms with Crippen LogP contribution in [0.5, 0.6) is 5.75 Å². The molecule has 0 saturated carbocycles. The second kappa shape index (κ2) is 11.5. The van der Waals surface area contributed by atoms with Gasteiger partial charge in [-0.1, -0.05) is 6.07 Å². The highest BCUT2D eigenvalue weighted by molar-refractivity contribution is 7.89. The van der Waals surface area contributed by atoms with Crippen molar-refractivity contribution in [3.8, 4) is 5.75 Å². The molecule has 37 heavy (non-hydrogen) atoms. The minimum atomic E-state index is -4.71. The smallest absolute Gasteiger partial charge is 0.241 e. The van der Waals surface area contributed by atoms with E-state index in [1.54, 1.807) is 24.3 Å². The van der Waals surface area contributed by atoms with Gasteiger partial charge in [0.1, 0.15) is 18.1 Å². The fourth-order valence-electron chi connectivity index (χ4n) is 3.63. The number of benzene rings is 2. The van der Waals surface area contributed by atoms with Gasteiger partial charge < -0.3 is 15.4 Å². The Balaban J connectivity index is 1.55. The molecule has 3 aromatic rings. The molecule has 0 radical (unpaired) electrons. The van der Waals surface area contributed by atoms with Gasteiger partial charge in [0.05, 0.1) is 7.64 Å². The highest BCUT2D eigenvalue weighted by atomic mass is 32.2. The van der Waals surface area contributed by atoms with Crippen molar-refractivity contribution >= 4 is 33.2 Å². The average molecular weight is 536 g/mol. The predicted octanol–water partition coefficient (Wildman–Crippen LogP) is 4.82. The molecular weight excluding hydrogens is 488 g/mol. The maximum atomic E-state index is 13.2. The molecule has 198 valence electrons. The van der Waals surface area contributed by atoms with E-state index in [4.69, 9.17) is 19.8 Å². The van der Waals surface area contributed by atoms with Crippen LogP contribution in [0.15, 0.2) is 59.6 Å². The maximum absolute atomic E-state index is 13.2. The summed E-state index contributed by atoms with van der Waals surface area (Å²) in [5, 5.41) is 5.71. The first-order valence-corrected chi connectivity index (χ1v) is 13.0. The van der Waals surface area contributed by atoms with Gasteiger partial charge >= 0.3 is 0 Å². The van der Waals surface area contributed by atoms with Crippen molar-refractivity contribution in [3.63, 3.8) is 0 Å². The van der Waals surface area contributed by atoms with Crippen LogP contribution in [0, 0.1) is 6.85 Å². The first kappa shape index (κ1) is 15.9. The average Bonchev–Trinajstić information content (AvgIpc) is 3.44. The van der Waals surface area contributed by atoms with Gasteiger partial charge in [0.25, 0.3) is 0 Å². The molecule has 1 aliphatic rings. The van der Waals surface area contributed by atoms with E-state index in [1.807, 2.05) is 9.62 Å². The van der Waals surface area contributed by atoms with E-state index in [9.17, 15) is 8.42 Å². The summed E-state index contributed by atoms with van der Waals surface area (Å²) in [6.07, 6.45) is 3.13. The van der Waals surface area contributed by atoms with E-state index in [0.29, 0.717) is 11.4 Å². The van der Waals surface area contributed by atoms with Crippen LogP contribution in [-0.4, -0.2) is 55.0 Å². The molecule has 0 aliphatic carbocycles. The lowest BCUT2D eigenvalue weighted by atomic mass is 10.1. The molecule has 1 fully saturated rings. The van der Waals surface area contributed by atoms with E-state index in [1.165, 1.54) is 12.1 Å². The molecule has 1 aliphatic heterocycles. The van der Waals surface area contributed by atoms with Crippen LogP contribution >= 0.6 is 0 Å². The zero-order valence-electron chi connectivity index (χ0n) is 31.2. The molecule has 10 heteroatoms. The molecule has 0 bridgehead atoms. The van der Waals surface area contributed by atoms with Crippen LogP contribution in [-0.2, 0) is 10.0 Å². The molecule has 4 rings (SSSR count). The van der Waals surface area contributed by atoms with Crippen molar-refractivity contribution in [2.75, 3.05) is 36.8 Å². The molecule has 9 nitrogen and oxygen atoms in total. The first-order valence-electron chi connectivity index (χ1n) is 17.1. The van der Waals surface area contributed by atoms with Crippen molar-refractivity contribution in [3.05, 3.63) is 60.3 Å². The Labute approximate surface area is 235 Å². The number of aromatic nitrogens is 2. The van der Waals surface area contributed by atoms with Crippen molar-refractivity contribution in [2.45, 2.75) is 50.8 Å². The summed E-state index contributed by atoms with van der Waals surface area (Å²) in [5.74, 6) is 0.0770. The third kappa shape index (κ3) is 7.88. The number of ether oxygens (including phenoxy) is 1. The second-order valence-electron chi connectivity index (χ2n) is 8.72. The van der Waals surface area contributed by atoms with Crippen LogP contribution in [0.1, 0.15) is 54.1 Å². The molecule has 0 amide bonds. The van der Waals surface area contributed by atoms with Crippen LogP contribution in [0.4, 0.5) is 23.1 Å². The van der Waals surface area contributed by atoms with Crippen molar-refractivity contribution < 1.29 is 28.2 Å². The Bertz CT molecular complexity index is 1680. The highest BCUT2D eigenvalue weighted by Gasteiger charge is 2.22. The van der Waals surface area contributed by atoms with E-state index in [2.05, 4.69) is 20.6 Å². The molecule has 0 spiro atoms. The minimum absolute atomic E-state index is 0.0277. The van der Waals surface area contributed by atoms with E-state index in [0.717, 1.165) is 51.2 Å². The fraction of sp³-hybridized carbons (Fsp3) is 0.407. The lowest BCUT2D eigenvalue weighted by Gasteiger charge is -2.20. The molecule has 2 aromatic carbocycles. The summed E-state index contributed by atoms with van der Waals surface area (Å²) in [7, 11) is -4.71. The monoisotopic (exact) mass is 535 g/mol. The van der Waals surface area contributed by atoms with E-state index < -0.39 is 47.6 Å². The van der Waals surface area contributed by atoms with Gasteiger partial charge in [-0.2, -0.15) is 4.98 Å². The summed E-state index contributed by atoms with van der Waals surface area (Å²) in [6.45, 7) is -8.47. The zero-order chi connectivity index (χ0) is 35.8. The molecule has 2 heterocycles. The van der Waals surface area contributed by atoms with Crippen LogP contribution in [0.2, 0.25) is 0 Å². The Morgan fingerprint density at radius 1 is 1.11 bits per heavy atom. The largest absolute Gasteiger partial charge is 0.492 e. The number of sulfonamides is 1. The number of aryl methyl sites for hydroxylation is 1. The van der Waals surface area contributed by atoms with Gasteiger partial charge in [0.2, 0.25) is 16.0 Å². The van der Waals surface area contributed by atoms with Crippen LogP contribution in [0.3, 0.4) is 0 Å². The van der Waals surface area contributed by atoms with Gasteiger partial charge in [-0.05, 0) is 95.9 Å². The summed E-state index contributed by atoms with van der Waals surface area (Å²) in [4.78, 5) is 9.89.